The van der Waals surface area contributed by atoms with Crippen molar-refractivity contribution in [2.24, 2.45) is 0 Å². The molecule has 0 saturated carbocycles. The van der Waals surface area contributed by atoms with Crippen molar-refractivity contribution in [1.29, 1.82) is 0 Å². The SMILES string of the molecule is CC(C)(C)OC(=O)/C=C/c1ccc(/C=C/C(=O)c2cccnc2)cc1. The molecule has 0 aliphatic rings. The maximum absolute atomic E-state index is 12.0. The summed E-state index contributed by atoms with van der Waals surface area (Å²) in [6.07, 6.45) is 9.53. The predicted molar refractivity (Wildman–Crippen MR) is 98.9 cm³/mol. The standard InChI is InChI=1S/C21H21NO3/c1-21(2,3)25-20(24)13-11-17-8-6-16(7-9-17)10-12-19(23)18-5-4-14-22-15-18/h4-15H,1-3H3/b12-10+,13-11+. The topological polar surface area (TPSA) is 56.3 Å². The van der Waals surface area contributed by atoms with Crippen molar-refractivity contribution in [1.82, 2.24) is 4.98 Å². The molecule has 0 fully saturated rings. The van der Waals surface area contributed by atoms with E-state index in [1.54, 1.807) is 30.5 Å². The summed E-state index contributed by atoms with van der Waals surface area (Å²) in [5.74, 6) is -0.472. The molecule has 0 amide bonds. The molecule has 25 heavy (non-hydrogen) atoms. The minimum absolute atomic E-state index is 0.0954. The fraction of sp³-hybridized carbons (Fsp3) is 0.190. The quantitative estimate of drug-likeness (QED) is 0.463. The lowest BCUT2D eigenvalue weighted by molar-refractivity contribution is -0.148. The van der Waals surface area contributed by atoms with Crippen LogP contribution >= 0.6 is 0 Å². The lowest BCUT2D eigenvalue weighted by Crippen LogP contribution is -2.22. The predicted octanol–water partition coefficient (Wildman–Crippen LogP) is 4.33. The molecule has 0 aliphatic carbocycles. The number of benzene rings is 1. The third-order valence-corrected chi connectivity index (χ3v) is 3.13. The van der Waals surface area contributed by atoms with E-state index in [9.17, 15) is 9.59 Å². The molecule has 4 nitrogen and oxygen atoms in total. The second kappa shape index (κ2) is 8.20. The molecule has 0 atom stereocenters. The highest BCUT2D eigenvalue weighted by Crippen LogP contribution is 2.11. The number of carbonyl (C=O) groups is 2. The summed E-state index contributed by atoms with van der Waals surface area (Å²) in [4.78, 5) is 27.6. The van der Waals surface area contributed by atoms with E-state index in [1.165, 1.54) is 18.3 Å². The van der Waals surface area contributed by atoms with Gasteiger partial charge in [0.2, 0.25) is 0 Å². The van der Waals surface area contributed by atoms with E-state index < -0.39 is 5.60 Å². The van der Waals surface area contributed by atoms with Crippen LogP contribution in [0.25, 0.3) is 12.2 Å². The number of esters is 1. The summed E-state index contributed by atoms with van der Waals surface area (Å²) in [7, 11) is 0. The zero-order valence-electron chi connectivity index (χ0n) is 14.6. The van der Waals surface area contributed by atoms with Gasteiger partial charge in [0.25, 0.3) is 0 Å². The fourth-order valence-electron chi connectivity index (χ4n) is 1.99. The van der Waals surface area contributed by atoms with Gasteiger partial charge in [-0.1, -0.05) is 30.3 Å². The molecule has 0 radical (unpaired) electrons. The van der Waals surface area contributed by atoms with Crippen LogP contribution in [0.15, 0.2) is 60.9 Å². The molecule has 0 spiro atoms. The van der Waals surface area contributed by atoms with Gasteiger partial charge >= 0.3 is 5.97 Å². The molecule has 1 heterocycles. The molecule has 0 N–H and O–H groups in total. The molecule has 128 valence electrons. The van der Waals surface area contributed by atoms with Gasteiger partial charge in [-0.3, -0.25) is 9.78 Å². The van der Waals surface area contributed by atoms with Crippen molar-refractivity contribution in [3.63, 3.8) is 0 Å². The first-order chi connectivity index (χ1) is 11.8. The average Bonchev–Trinajstić information content (AvgIpc) is 2.58. The fourth-order valence-corrected chi connectivity index (χ4v) is 1.99. The van der Waals surface area contributed by atoms with E-state index in [2.05, 4.69) is 4.98 Å². The Morgan fingerprint density at radius 1 is 0.960 bits per heavy atom. The number of ether oxygens (including phenoxy) is 1. The Balaban J connectivity index is 1.97. The number of allylic oxidation sites excluding steroid dienone is 1. The van der Waals surface area contributed by atoms with Crippen molar-refractivity contribution < 1.29 is 14.3 Å². The lowest BCUT2D eigenvalue weighted by Gasteiger charge is -2.17. The summed E-state index contributed by atoms with van der Waals surface area (Å²) in [5.41, 5.74) is 1.82. The first-order valence-corrected chi connectivity index (χ1v) is 7.97. The summed E-state index contributed by atoms with van der Waals surface area (Å²) >= 11 is 0. The van der Waals surface area contributed by atoms with Gasteiger partial charge in [-0.05, 0) is 56.2 Å². The van der Waals surface area contributed by atoms with E-state index in [-0.39, 0.29) is 11.8 Å². The Hall–Kier alpha value is -3.01. The minimum atomic E-state index is -0.503. The Morgan fingerprint density at radius 3 is 2.08 bits per heavy atom. The summed E-state index contributed by atoms with van der Waals surface area (Å²) in [6.45, 7) is 5.48. The van der Waals surface area contributed by atoms with Crippen molar-refractivity contribution in [2.75, 3.05) is 0 Å². The van der Waals surface area contributed by atoms with Gasteiger partial charge in [-0.15, -0.1) is 0 Å². The van der Waals surface area contributed by atoms with Crippen LogP contribution < -0.4 is 0 Å². The summed E-state index contributed by atoms with van der Waals surface area (Å²) in [5, 5.41) is 0. The van der Waals surface area contributed by atoms with E-state index in [1.807, 2.05) is 45.0 Å². The Kier molecular flexibility index (Phi) is 6.01. The largest absolute Gasteiger partial charge is 0.457 e. The van der Waals surface area contributed by atoms with Crippen LogP contribution in [-0.4, -0.2) is 22.3 Å². The third kappa shape index (κ3) is 6.55. The number of carbonyl (C=O) groups excluding carboxylic acids is 2. The van der Waals surface area contributed by atoms with E-state index in [0.29, 0.717) is 5.56 Å². The smallest absolute Gasteiger partial charge is 0.331 e. The molecular weight excluding hydrogens is 314 g/mol. The van der Waals surface area contributed by atoms with Crippen LogP contribution in [0.4, 0.5) is 0 Å². The number of pyridine rings is 1. The number of rotatable bonds is 5. The molecule has 1 aromatic carbocycles. The van der Waals surface area contributed by atoms with E-state index in [4.69, 9.17) is 4.74 Å². The Bertz CT molecular complexity index is 782. The van der Waals surface area contributed by atoms with Gasteiger partial charge in [-0.2, -0.15) is 0 Å². The number of hydrogen-bond acceptors (Lipinski definition) is 4. The number of aromatic nitrogens is 1. The summed E-state index contributed by atoms with van der Waals surface area (Å²) < 4.78 is 5.21. The first-order valence-electron chi connectivity index (χ1n) is 7.97. The highest BCUT2D eigenvalue weighted by atomic mass is 16.6. The molecule has 2 rings (SSSR count). The van der Waals surface area contributed by atoms with Crippen LogP contribution in [0, 0.1) is 0 Å². The minimum Gasteiger partial charge on any atom is -0.457 e. The Morgan fingerprint density at radius 2 is 1.56 bits per heavy atom. The van der Waals surface area contributed by atoms with E-state index in [0.717, 1.165) is 11.1 Å². The molecule has 0 bridgehead atoms. The lowest BCUT2D eigenvalue weighted by atomic mass is 10.1. The van der Waals surface area contributed by atoms with Crippen LogP contribution in [0.2, 0.25) is 0 Å². The zero-order valence-corrected chi connectivity index (χ0v) is 14.6. The van der Waals surface area contributed by atoms with Crippen molar-refractivity contribution in [2.45, 2.75) is 26.4 Å². The molecule has 0 aliphatic heterocycles. The molecular formula is C21H21NO3. The molecule has 2 aromatic rings. The summed E-state index contributed by atoms with van der Waals surface area (Å²) in [6, 6.07) is 10.9. The second-order valence-corrected chi connectivity index (χ2v) is 6.47. The van der Waals surface area contributed by atoms with Crippen molar-refractivity contribution in [3.05, 3.63) is 77.6 Å². The second-order valence-electron chi connectivity index (χ2n) is 6.47. The number of ketones is 1. The Labute approximate surface area is 147 Å². The third-order valence-electron chi connectivity index (χ3n) is 3.13. The van der Waals surface area contributed by atoms with Gasteiger partial charge in [0.15, 0.2) is 5.78 Å². The highest BCUT2D eigenvalue weighted by Gasteiger charge is 2.13. The maximum Gasteiger partial charge on any atom is 0.331 e. The van der Waals surface area contributed by atoms with Gasteiger partial charge < -0.3 is 4.74 Å². The molecule has 4 heteroatoms. The average molecular weight is 335 g/mol. The van der Waals surface area contributed by atoms with Crippen LogP contribution in [0.5, 0.6) is 0 Å². The molecule has 1 aromatic heterocycles. The number of hydrogen-bond donors (Lipinski definition) is 0. The van der Waals surface area contributed by atoms with Crippen molar-refractivity contribution >= 4 is 23.9 Å². The van der Waals surface area contributed by atoms with E-state index >= 15 is 0 Å². The normalized spacial score (nSPS) is 11.8. The monoisotopic (exact) mass is 335 g/mol. The number of nitrogens with zero attached hydrogens (tertiary/aromatic N) is 1. The van der Waals surface area contributed by atoms with Gasteiger partial charge in [-0.25, -0.2) is 4.79 Å². The van der Waals surface area contributed by atoms with Crippen LogP contribution in [0.3, 0.4) is 0 Å². The van der Waals surface area contributed by atoms with Crippen LogP contribution in [0.1, 0.15) is 42.3 Å². The first kappa shape index (κ1) is 18.3. The van der Waals surface area contributed by atoms with Gasteiger partial charge in [0.1, 0.15) is 5.60 Å². The van der Waals surface area contributed by atoms with Crippen molar-refractivity contribution in [3.8, 4) is 0 Å². The molecule has 0 unspecified atom stereocenters. The zero-order chi connectivity index (χ0) is 18.3. The molecule has 0 saturated heterocycles. The van der Waals surface area contributed by atoms with Gasteiger partial charge in [0.05, 0.1) is 0 Å². The van der Waals surface area contributed by atoms with Crippen LogP contribution in [-0.2, 0) is 9.53 Å². The highest BCUT2D eigenvalue weighted by molar-refractivity contribution is 6.06. The maximum atomic E-state index is 12.0. The van der Waals surface area contributed by atoms with Gasteiger partial charge in [0, 0.05) is 24.0 Å².